The third kappa shape index (κ3) is 3.09. The van der Waals surface area contributed by atoms with Gasteiger partial charge in [-0.1, -0.05) is 19.1 Å². The summed E-state index contributed by atoms with van der Waals surface area (Å²) in [6.07, 6.45) is 8.07. The normalized spacial score (nSPS) is 29.1. The highest BCUT2D eigenvalue weighted by Crippen LogP contribution is 2.38. The van der Waals surface area contributed by atoms with E-state index in [1.807, 2.05) is 6.92 Å². The Morgan fingerprint density at radius 2 is 2.29 bits per heavy atom. The van der Waals surface area contributed by atoms with Gasteiger partial charge in [0.05, 0.1) is 6.61 Å². The molecule has 0 fully saturated rings. The van der Waals surface area contributed by atoms with Crippen molar-refractivity contribution in [2.45, 2.75) is 45.2 Å². The van der Waals surface area contributed by atoms with Gasteiger partial charge in [0.2, 0.25) is 0 Å². The smallest absolute Gasteiger partial charge is 0.100 e. The molecule has 0 spiro atoms. The largest absolute Gasteiger partial charge is 0.384 e. The summed E-state index contributed by atoms with van der Waals surface area (Å²) >= 11 is 0. The number of alkyl halides is 1. The molecule has 2 unspecified atom stereocenters. The minimum absolute atomic E-state index is 0.0684. The van der Waals surface area contributed by atoms with E-state index in [1.54, 1.807) is 7.11 Å². The lowest BCUT2D eigenvalue weighted by atomic mass is 9.73. The van der Waals surface area contributed by atoms with Crippen molar-refractivity contribution in [3.63, 3.8) is 0 Å². The lowest BCUT2D eigenvalue weighted by molar-refractivity contribution is 0.0432. The number of rotatable bonds is 5. The third-order valence-electron chi connectivity index (χ3n) is 3.11. The highest BCUT2D eigenvalue weighted by atomic mass is 19.1. The summed E-state index contributed by atoms with van der Waals surface area (Å²) < 4.78 is 18.6. The summed E-state index contributed by atoms with van der Waals surface area (Å²) in [5.41, 5.74) is 0.0684. The third-order valence-corrected chi connectivity index (χ3v) is 3.11. The number of ether oxygens (including phenoxy) is 1. The van der Waals surface area contributed by atoms with E-state index >= 15 is 0 Å². The van der Waals surface area contributed by atoms with Crippen molar-refractivity contribution in [2.75, 3.05) is 13.7 Å². The molecule has 0 radical (unpaired) electrons. The molecule has 0 aromatic heterocycles. The zero-order chi connectivity index (χ0) is 10.4. The molecule has 0 aromatic carbocycles. The van der Waals surface area contributed by atoms with Gasteiger partial charge in [-0.2, -0.15) is 0 Å². The van der Waals surface area contributed by atoms with Gasteiger partial charge in [-0.25, -0.2) is 4.39 Å². The first-order valence-electron chi connectivity index (χ1n) is 5.50. The minimum Gasteiger partial charge on any atom is -0.384 e. The highest BCUT2D eigenvalue weighted by Gasteiger charge is 2.32. The molecule has 0 saturated carbocycles. The molecule has 82 valence electrons. The SMILES string of the molecule is CCC(F)CC1(COC)CC=CCC1. The van der Waals surface area contributed by atoms with E-state index in [9.17, 15) is 4.39 Å². The molecular formula is C12H21FO. The topological polar surface area (TPSA) is 9.23 Å². The maximum atomic E-state index is 13.4. The van der Waals surface area contributed by atoms with Crippen LogP contribution >= 0.6 is 0 Å². The molecule has 0 amide bonds. The Hall–Kier alpha value is -0.370. The highest BCUT2D eigenvalue weighted by molar-refractivity contribution is 4.98. The molecule has 1 aliphatic carbocycles. The van der Waals surface area contributed by atoms with E-state index in [0.29, 0.717) is 19.4 Å². The van der Waals surface area contributed by atoms with Gasteiger partial charge < -0.3 is 4.74 Å². The number of hydrogen-bond donors (Lipinski definition) is 0. The molecular weight excluding hydrogens is 179 g/mol. The number of hydrogen-bond acceptors (Lipinski definition) is 1. The first-order chi connectivity index (χ1) is 6.72. The van der Waals surface area contributed by atoms with Crippen molar-refractivity contribution < 1.29 is 9.13 Å². The van der Waals surface area contributed by atoms with Crippen molar-refractivity contribution in [3.8, 4) is 0 Å². The molecule has 14 heavy (non-hydrogen) atoms. The van der Waals surface area contributed by atoms with Gasteiger partial charge in [0.25, 0.3) is 0 Å². The second kappa shape index (κ2) is 5.50. The minimum atomic E-state index is -0.670. The zero-order valence-corrected chi connectivity index (χ0v) is 9.26. The van der Waals surface area contributed by atoms with Crippen molar-refractivity contribution in [2.24, 2.45) is 5.41 Å². The van der Waals surface area contributed by atoms with Crippen LogP contribution in [-0.4, -0.2) is 19.9 Å². The fourth-order valence-electron chi connectivity index (χ4n) is 2.24. The molecule has 1 rings (SSSR count). The fourth-order valence-corrected chi connectivity index (χ4v) is 2.24. The van der Waals surface area contributed by atoms with Crippen molar-refractivity contribution in [1.29, 1.82) is 0 Å². The van der Waals surface area contributed by atoms with Crippen molar-refractivity contribution in [3.05, 3.63) is 12.2 Å². The summed E-state index contributed by atoms with van der Waals surface area (Å²) in [4.78, 5) is 0. The Morgan fingerprint density at radius 3 is 2.79 bits per heavy atom. The molecule has 0 bridgehead atoms. The van der Waals surface area contributed by atoms with Crippen LogP contribution in [-0.2, 0) is 4.74 Å². The predicted octanol–water partition coefficient (Wildman–Crippen LogP) is 3.50. The average Bonchev–Trinajstić information content (AvgIpc) is 2.19. The summed E-state index contributed by atoms with van der Waals surface area (Å²) in [6.45, 7) is 2.60. The molecule has 2 atom stereocenters. The van der Waals surface area contributed by atoms with Gasteiger partial charge in [0, 0.05) is 12.5 Å². The van der Waals surface area contributed by atoms with E-state index in [-0.39, 0.29) is 5.41 Å². The Morgan fingerprint density at radius 1 is 1.50 bits per heavy atom. The first kappa shape index (κ1) is 11.7. The van der Waals surface area contributed by atoms with Gasteiger partial charge in [-0.3, -0.25) is 0 Å². The quantitative estimate of drug-likeness (QED) is 0.617. The van der Waals surface area contributed by atoms with Crippen LogP contribution in [0.5, 0.6) is 0 Å². The molecule has 2 heteroatoms. The summed E-state index contributed by atoms with van der Waals surface area (Å²) in [7, 11) is 1.71. The summed E-state index contributed by atoms with van der Waals surface area (Å²) in [5.74, 6) is 0. The van der Waals surface area contributed by atoms with Gasteiger partial charge >= 0.3 is 0 Å². The second-order valence-electron chi connectivity index (χ2n) is 4.36. The molecule has 0 heterocycles. The van der Waals surface area contributed by atoms with Crippen molar-refractivity contribution >= 4 is 0 Å². The summed E-state index contributed by atoms with van der Waals surface area (Å²) in [6, 6.07) is 0. The molecule has 0 aliphatic heterocycles. The first-order valence-corrected chi connectivity index (χ1v) is 5.50. The van der Waals surface area contributed by atoms with E-state index in [0.717, 1.165) is 19.3 Å². The predicted molar refractivity (Wildman–Crippen MR) is 57.1 cm³/mol. The molecule has 1 nitrogen and oxygen atoms in total. The van der Waals surface area contributed by atoms with Crippen LogP contribution < -0.4 is 0 Å². The van der Waals surface area contributed by atoms with Crippen LogP contribution in [0.15, 0.2) is 12.2 Å². The number of methoxy groups -OCH3 is 1. The lowest BCUT2D eigenvalue weighted by Crippen LogP contribution is -2.30. The van der Waals surface area contributed by atoms with Crippen LogP contribution in [0, 0.1) is 5.41 Å². The molecule has 0 saturated heterocycles. The van der Waals surface area contributed by atoms with Crippen LogP contribution in [0.3, 0.4) is 0 Å². The maximum Gasteiger partial charge on any atom is 0.100 e. The molecule has 0 N–H and O–H groups in total. The Kier molecular flexibility index (Phi) is 4.59. The van der Waals surface area contributed by atoms with Gasteiger partial charge in [0.15, 0.2) is 0 Å². The van der Waals surface area contributed by atoms with Crippen molar-refractivity contribution in [1.82, 2.24) is 0 Å². The number of halogens is 1. The van der Waals surface area contributed by atoms with E-state index < -0.39 is 6.17 Å². The monoisotopic (exact) mass is 200 g/mol. The second-order valence-corrected chi connectivity index (χ2v) is 4.36. The Balaban J connectivity index is 2.56. The summed E-state index contributed by atoms with van der Waals surface area (Å²) in [5, 5.41) is 0. The van der Waals surface area contributed by atoms with Gasteiger partial charge in [-0.15, -0.1) is 0 Å². The fraction of sp³-hybridized carbons (Fsp3) is 0.833. The van der Waals surface area contributed by atoms with E-state index in [1.165, 1.54) is 0 Å². The van der Waals surface area contributed by atoms with Crippen LogP contribution in [0.25, 0.3) is 0 Å². The molecule has 0 aromatic rings. The average molecular weight is 200 g/mol. The van der Waals surface area contributed by atoms with Crippen LogP contribution in [0.4, 0.5) is 4.39 Å². The van der Waals surface area contributed by atoms with Gasteiger partial charge in [0.1, 0.15) is 6.17 Å². The molecule has 1 aliphatic rings. The maximum absolute atomic E-state index is 13.4. The van der Waals surface area contributed by atoms with E-state index in [2.05, 4.69) is 12.2 Å². The van der Waals surface area contributed by atoms with Crippen LogP contribution in [0.1, 0.15) is 39.0 Å². The van der Waals surface area contributed by atoms with Gasteiger partial charge in [-0.05, 0) is 32.1 Å². The zero-order valence-electron chi connectivity index (χ0n) is 9.26. The Bertz CT molecular complexity index is 191. The Labute approximate surface area is 86.3 Å². The van der Waals surface area contributed by atoms with E-state index in [4.69, 9.17) is 4.74 Å². The van der Waals surface area contributed by atoms with Crippen LogP contribution in [0.2, 0.25) is 0 Å². The number of allylic oxidation sites excluding steroid dienone is 2. The standard InChI is InChI=1S/C12H21FO/c1-3-11(13)9-12(10-14-2)7-5-4-6-8-12/h4-5,11H,3,6-10H2,1-2H3. The lowest BCUT2D eigenvalue weighted by Gasteiger charge is -2.35.